The first-order valence-electron chi connectivity index (χ1n) is 7.40. The topological polar surface area (TPSA) is 93.5 Å². The fourth-order valence-electron chi connectivity index (χ4n) is 2.00. The van der Waals surface area contributed by atoms with Crippen molar-refractivity contribution in [3.8, 4) is 5.75 Å². The molecule has 0 heterocycles. The summed E-state index contributed by atoms with van der Waals surface area (Å²) in [6.07, 6.45) is 0. The van der Waals surface area contributed by atoms with E-state index in [0.717, 1.165) is 16.8 Å². The van der Waals surface area contributed by atoms with Crippen LogP contribution in [0.4, 0.5) is 11.4 Å². The molecular weight excluding hydrogens is 342 g/mol. The highest BCUT2D eigenvalue weighted by Crippen LogP contribution is 2.17. The molecule has 0 spiro atoms. The molecule has 0 atom stereocenters. The first-order valence-corrected chi connectivity index (χ1v) is 7.81. The molecule has 0 saturated carbocycles. The van der Waals surface area contributed by atoms with E-state index < -0.39 is 10.8 Å². The molecule has 0 aliphatic rings. The Morgan fingerprint density at radius 2 is 1.88 bits per heavy atom. The van der Waals surface area contributed by atoms with E-state index in [1.165, 1.54) is 24.3 Å². The van der Waals surface area contributed by atoms with Crippen molar-refractivity contribution in [2.75, 3.05) is 11.9 Å². The molecule has 2 aromatic carbocycles. The number of hydrogen-bond donors (Lipinski definition) is 2. The largest absolute Gasteiger partial charge is 0.484 e. The van der Waals surface area contributed by atoms with Gasteiger partial charge in [-0.3, -0.25) is 20.2 Å². The van der Waals surface area contributed by atoms with Crippen molar-refractivity contribution in [1.82, 2.24) is 5.32 Å². The maximum atomic E-state index is 11.9. The molecule has 8 heteroatoms. The summed E-state index contributed by atoms with van der Waals surface area (Å²) in [4.78, 5) is 21.9. The fraction of sp³-hybridized carbons (Fsp3) is 0.176. The van der Waals surface area contributed by atoms with E-state index in [2.05, 4.69) is 10.6 Å². The van der Waals surface area contributed by atoms with Crippen LogP contribution in [0.15, 0.2) is 42.5 Å². The zero-order valence-electron chi connectivity index (χ0n) is 13.7. The summed E-state index contributed by atoms with van der Waals surface area (Å²) >= 11 is 5.12. The highest BCUT2D eigenvalue weighted by Gasteiger charge is 2.09. The smallest absolute Gasteiger partial charge is 0.269 e. The average Bonchev–Trinajstić information content (AvgIpc) is 2.56. The Balaban J connectivity index is 1.84. The molecule has 0 aliphatic heterocycles. The molecule has 130 valence electrons. The van der Waals surface area contributed by atoms with Gasteiger partial charge in [0.25, 0.3) is 11.6 Å². The van der Waals surface area contributed by atoms with Crippen LogP contribution in [-0.2, 0) is 4.79 Å². The second-order valence-electron chi connectivity index (χ2n) is 5.36. The van der Waals surface area contributed by atoms with Crippen molar-refractivity contribution >= 4 is 34.6 Å². The van der Waals surface area contributed by atoms with Crippen molar-refractivity contribution in [2.24, 2.45) is 0 Å². The first-order chi connectivity index (χ1) is 11.8. The molecule has 25 heavy (non-hydrogen) atoms. The number of nitro benzene ring substituents is 1. The molecule has 2 aromatic rings. The molecule has 0 aliphatic carbocycles. The van der Waals surface area contributed by atoms with Crippen LogP contribution in [0, 0.1) is 24.0 Å². The molecule has 0 saturated heterocycles. The van der Waals surface area contributed by atoms with Crippen LogP contribution in [0.5, 0.6) is 5.75 Å². The van der Waals surface area contributed by atoms with Gasteiger partial charge in [0.2, 0.25) is 0 Å². The Bertz CT molecular complexity index is 806. The molecule has 0 fully saturated rings. The van der Waals surface area contributed by atoms with Crippen LogP contribution in [0.2, 0.25) is 0 Å². The van der Waals surface area contributed by atoms with Gasteiger partial charge in [-0.1, -0.05) is 12.1 Å². The van der Waals surface area contributed by atoms with E-state index in [0.29, 0.717) is 5.75 Å². The summed E-state index contributed by atoms with van der Waals surface area (Å²) in [5.74, 6) is -0.0738. The predicted octanol–water partition coefficient (Wildman–Crippen LogP) is 3.10. The van der Waals surface area contributed by atoms with Gasteiger partial charge in [-0.05, 0) is 55.4 Å². The van der Waals surface area contributed by atoms with E-state index in [1.54, 1.807) is 0 Å². The number of ether oxygens (including phenoxy) is 1. The van der Waals surface area contributed by atoms with E-state index in [9.17, 15) is 14.9 Å². The number of nitrogens with one attached hydrogen (secondary N) is 2. The lowest BCUT2D eigenvalue weighted by molar-refractivity contribution is -0.384. The number of non-ortho nitro benzene ring substituents is 1. The Labute approximate surface area is 150 Å². The third-order valence-electron chi connectivity index (χ3n) is 3.31. The number of rotatable bonds is 5. The molecule has 0 radical (unpaired) electrons. The minimum absolute atomic E-state index is 0.0456. The van der Waals surface area contributed by atoms with E-state index >= 15 is 0 Å². The van der Waals surface area contributed by atoms with Crippen LogP contribution in [0.1, 0.15) is 11.1 Å². The van der Waals surface area contributed by atoms with Gasteiger partial charge < -0.3 is 10.1 Å². The molecule has 1 amide bonds. The molecule has 0 unspecified atom stereocenters. The Morgan fingerprint density at radius 3 is 2.52 bits per heavy atom. The second kappa shape index (κ2) is 8.20. The van der Waals surface area contributed by atoms with Crippen LogP contribution in [0.3, 0.4) is 0 Å². The molecular formula is C17H17N3O4S. The minimum atomic E-state index is -0.506. The van der Waals surface area contributed by atoms with Gasteiger partial charge >= 0.3 is 0 Å². The molecule has 2 N–H and O–H groups in total. The number of thiocarbonyl (C=S) groups is 1. The van der Waals surface area contributed by atoms with Gasteiger partial charge in [-0.15, -0.1) is 0 Å². The Morgan fingerprint density at radius 1 is 1.20 bits per heavy atom. The lowest BCUT2D eigenvalue weighted by Gasteiger charge is -2.12. The number of amides is 1. The zero-order valence-corrected chi connectivity index (χ0v) is 14.6. The number of anilines is 1. The normalized spacial score (nSPS) is 10.0. The highest BCUT2D eigenvalue weighted by atomic mass is 32.1. The van der Waals surface area contributed by atoms with Crippen molar-refractivity contribution in [2.45, 2.75) is 13.8 Å². The SMILES string of the molecule is Cc1ccc(C)c(NC(=S)NC(=O)COc2ccc([N+](=O)[O-])cc2)c1. The van der Waals surface area contributed by atoms with E-state index in [1.807, 2.05) is 32.0 Å². The number of aryl methyl sites for hydroxylation is 2. The van der Waals surface area contributed by atoms with Crippen LogP contribution < -0.4 is 15.4 Å². The predicted molar refractivity (Wildman–Crippen MR) is 98.9 cm³/mol. The quantitative estimate of drug-likeness (QED) is 0.484. The molecule has 0 bridgehead atoms. The Hall–Kier alpha value is -3.00. The number of benzene rings is 2. The van der Waals surface area contributed by atoms with Gasteiger partial charge in [0.1, 0.15) is 5.75 Å². The van der Waals surface area contributed by atoms with Crippen molar-refractivity contribution in [1.29, 1.82) is 0 Å². The molecule has 7 nitrogen and oxygen atoms in total. The standard InChI is InChI=1S/C17H17N3O4S/c1-11-3-4-12(2)15(9-11)18-17(25)19-16(21)10-24-14-7-5-13(6-8-14)20(22)23/h3-9H,10H2,1-2H3,(H2,18,19,21,25). The minimum Gasteiger partial charge on any atom is -0.484 e. The van der Waals surface area contributed by atoms with E-state index in [4.69, 9.17) is 17.0 Å². The summed E-state index contributed by atoms with van der Waals surface area (Å²) in [6.45, 7) is 3.64. The maximum Gasteiger partial charge on any atom is 0.269 e. The number of hydrogen-bond acceptors (Lipinski definition) is 5. The number of carbonyl (C=O) groups is 1. The van der Waals surface area contributed by atoms with Gasteiger partial charge in [0, 0.05) is 17.8 Å². The summed E-state index contributed by atoms with van der Waals surface area (Å²) < 4.78 is 5.27. The van der Waals surface area contributed by atoms with Crippen LogP contribution >= 0.6 is 12.2 Å². The van der Waals surface area contributed by atoms with Gasteiger partial charge in [-0.2, -0.15) is 0 Å². The molecule has 0 aromatic heterocycles. The van der Waals surface area contributed by atoms with Crippen molar-refractivity contribution in [3.63, 3.8) is 0 Å². The third kappa shape index (κ3) is 5.54. The van der Waals surface area contributed by atoms with Crippen LogP contribution in [0.25, 0.3) is 0 Å². The Kier molecular flexibility index (Phi) is 6.02. The van der Waals surface area contributed by atoms with Crippen LogP contribution in [-0.4, -0.2) is 22.5 Å². The number of nitro groups is 1. The second-order valence-corrected chi connectivity index (χ2v) is 5.77. The summed E-state index contributed by atoms with van der Waals surface area (Å²) in [5.41, 5.74) is 2.85. The fourth-order valence-corrected chi connectivity index (χ4v) is 2.22. The molecule has 2 rings (SSSR count). The monoisotopic (exact) mass is 359 g/mol. The summed E-state index contributed by atoms with van der Waals surface area (Å²) in [6, 6.07) is 11.3. The van der Waals surface area contributed by atoms with Crippen molar-refractivity contribution in [3.05, 3.63) is 63.7 Å². The maximum absolute atomic E-state index is 11.9. The average molecular weight is 359 g/mol. The number of carbonyl (C=O) groups excluding carboxylic acids is 1. The third-order valence-corrected chi connectivity index (χ3v) is 3.52. The van der Waals surface area contributed by atoms with Gasteiger partial charge in [0.05, 0.1) is 4.92 Å². The van der Waals surface area contributed by atoms with Gasteiger partial charge in [0.15, 0.2) is 11.7 Å². The lowest BCUT2D eigenvalue weighted by atomic mass is 10.1. The van der Waals surface area contributed by atoms with Gasteiger partial charge in [-0.25, -0.2) is 0 Å². The van der Waals surface area contributed by atoms with Crippen molar-refractivity contribution < 1.29 is 14.5 Å². The summed E-state index contributed by atoms with van der Waals surface area (Å²) in [5, 5.41) is 16.2. The number of nitrogens with zero attached hydrogens (tertiary/aromatic N) is 1. The first kappa shape index (κ1) is 18.3. The summed E-state index contributed by atoms with van der Waals surface area (Å²) in [7, 11) is 0. The highest BCUT2D eigenvalue weighted by molar-refractivity contribution is 7.80. The zero-order chi connectivity index (χ0) is 18.4. The lowest BCUT2D eigenvalue weighted by Crippen LogP contribution is -2.37. The van der Waals surface area contributed by atoms with E-state index in [-0.39, 0.29) is 17.4 Å².